The Morgan fingerprint density at radius 2 is 2.00 bits per heavy atom. The van der Waals surface area contributed by atoms with E-state index in [9.17, 15) is 0 Å². The molecule has 1 atom stereocenters. The Morgan fingerprint density at radius 1 is 1.11 bits per heavy atom. The van der Waals surface area contributed by atoms with Crippen LogP contribution in [0.15, 0.2) is 11.8 Å². The molecule has 0 N–H and O–H groups in total. The molecule has 0 aromatic heterocycles. The van der Waals surface area contributed by atoms with Crippen LogP contribution in [0.1, 0.15) is 64.2 Å². The molecule has 2 fully saturated rings. The molecule has 0 radical (unpaired) electrons. The summed E-state index contributed by atoms with van der Waals surface area (Å²) in [6.45, 7) is 2.83. The average molecular weight is 252 g/mol. The van der Waals surface area contributed by atoms with Gasteiger partial charge in [0.2, 0.25) is 0 Å². The zero-order chi connectivity index (χ0) is 12.5. The molecule has 0 aromatic carbocycles. The van der Waals surface area contributed by atoms with Crippen LogP contribution in [0.25, 0.3) is 0 Å². The van der Waals surface area contributed by atoms with Crippen LogP contribution in [-0.2, 0) is 9.47 Å². The van der Waals surface area contributed by atoms with E-state index in [-0.39, 0.29) is 0 Å². The van der Waals surface area contributed by atoms with E-state index >= 15 is 0 Å². The minimum atomic E-state index is 0.776. The molecule has 0 spiro atoms. The number of hydrogen-bond donors (Lipinski definition) is 0. The van der Waals surface area contributed by atoms with Crippen molar-refractivity contribution in [2.75, 3.05) is 19.8 Å². The maximum atomic E-state index is 5.69. The summed E-state index contributed by atoms with van der Waals surface area (Å²) in [6.07, 6.45) is 15.1. The first-order valence-corrected chi connectivity index (χ1v) is 7.82. The van der Waals surface area contributed by atoms with Crippen molar-refractivity contribution < 1.29 is 9.47 Å². The lowest BCUT2D eigenvalue weighted by atomic mass is 9.96. The van der Waals surface area contributed by atoms with E-state index in [2.05, 4.69) is 0 Å². The zero-order valence-electron chi connectivity index (χ0n) is 11.7. The van der Waals surface area contributed by atoms with Crippen molar-refractivity contribution in [1.82, 2.24) is 0 Å². The summed E-state index contributed by atoms with van der Waals surface area (Å²) in [5.41, 5.74) is 1.53. The molecular formula is C16H28O2. The number of rotatable bonds is 5. The van der Waals surface area contributed by atoms with Gasteiger partial charge in [-0.05, 0) is 62.9 Å². The van der Waals surface area contributed by atoms with Crippen molar-refractivity contribution in [1.29, 1.82) is 0 Å². The molecule has 18 heavy (non-hydrogen) atoms. The van der Waals surface area contributed by atoms with Gasteiger partial charge in [0.05, 0.1) is 12.9 Å². The topological polar surface area (TPSA) is 18.5 Å². The van der Waals surface area contributed by atoms with Crippen LogP contribution < -0.4 is 0 Å². The van der Waals surface area contributed by atoms with Gasteiger partial charge in [-0.2, -0.15) is 0 Å². The van der Waals surface area contributed by atoms with Gasteiger partial charge in [-0.1, -0.05) is 12.8 Å². The number of ether oxygens (including phenoxy) is 2. The Balaban J connectivity index is 1.52. The van der Waals surface area contributed by atoms with E-state index in [0.29, 0.717) is 0 Å². The Labute approximate surface area is 112 Å². The van der Waals surface area contributed by atoms with E-state index in [1.165, 1.54) is 69.8 Å². The van der Waals surface area contributed by atoms with Crippen LogP contribution in [0.5, 0.6) is 0 Å². The first kappa shape index (κ1) is 13.9. The smallest absolute Gasteiger partial charge is 0.0873 e. The highest BCUT2D eigenvalue weighted by Gasteiger charge is 2.12. The van der Waals surface area contributed by atoms with Crippen LogP contribution >= 0.6 is 0 Å². The summed E-state index contributed by atoms with van der Waals surface area (Å²) in [6, 6.07) is 0. The van der Waals surface area contributed by atoms with E-state index in [0.717, 1.165) is 25.7 Å². The lowest BCUT2D eigenvalue weighted by molar-refractivity contribution is 0.109. The molecule has 1 aliphatic heterocycles. The molecule has 1 saturated carbocycles. The summed E-state index contributed by atoms with van der Waals surface area (Å²) in [4.78, 5) is 0. The third-order valence-corrected chi connectivity index (χ3v) is 4.12. The Hall–Kier alpha value is -0.500. The zero-order valence-corrected chi connectivity index (χ0v) is 11.7. The highest BCUT2D eigenvalue weighted by atomic mass is 16.5. The lowest BCUT2D eigenvalue weighted by Crippen LogP contribution is -2.08. The molecule has 0 amide bonds. The first-order chi connectivity index (χ1) is 8.95. The van der Waals surface area contributed by atoms with Crippen LogP contribution in [-0.4, -0.2) is 19.8 Å². The van der Waals surface area contributed by atoms with Gasteiger partial charge in [-0.15, -0.1) is 0 Å². The van der Waals surface area contributed by atoms with E-state index in [4.69, 9.17) is 9.47 Å². The lowest BCUT2D eigenvalue weighted by Gasteiger charge is -2.14. The van der Waals surface area contributed by atoms with Gasteiger partial charge in [-0.3, -0.25) is 0 Å². The van der Waals surface area contributed by atoms with Crippen molar-refractivity contribution in [3.8, 4) is 0 Å². The second-order valence-electron chi connectivity index (χ2n) is 5.79. The Bertz CT molecular complexity index is 231. The minimum Gasteiger partial charge on any atom is -0.501 e. The second kappa shape index (κ2) is 8.58. The molecule has 1 heterocycles. The largest absolute Gasteiger partial charge is 0.501 e. The van der Waals surface area contributed by atoms with E-state index in [1.54, 1.807) is 0 Å². The molecule has 1 saturated heterocycles. The Morgan fingerprint density at radius 3 is 2.89 bits per heavy atom. The highest BCUT2D eigenvalue weighted by Crippen LogP contribution is 2.23. The van der Waals surface area contributed by atoms with Crippen molar-refractivity contribution in [3.05, 3.63) is 11.8 Å². The third kappa shape index (κ3) is 5.43. The second-order valence-corrected chi connectivity index (χ2v) is 5.79. The summed E-state index contributed by atoms with van der Waals surface area (Å²) < 4.78 is 11.3. The van der Waals surface area contributed by atoms with Gasteiger partial charge < -0.3 is 9.47 Å². The van der Waals surface area contributed by atoms with Gasteiger partial charge in [0.1, 0.15) is 0 Å². The van der Waals surface area contributed by atoms with Crippen LogP contribution in [0.2, 0.25) is 0 Å². The fourth-order valence-corrected chi connectivity index (χ4v) is 2.95. The average Bonchev–Trinajstić information content (AvgIpc) is 2.68. The summed E-state index contributed by atoms with van der Waals surface area (Å²) in [7, 11) is 0. The first-order valence-electron chi connectivity index (χ1n) is 7.82. The molecule has 1 unspecified atom stereocenters. The maximum Gasteiger partial charge on any atom is 0.0873 e. The van der Waals surface area contributed by atoms with Crippen molar-refractivity contribution in [3.63, 3.8) is 0 Å². The molecule has 0 bridgehead atoms. The van der Waals surface area contributed by atoms with E-state index in [1.807, 2.05) is 6.26 Å². The predicted octanol–water partition coefficient (Wildman–Crippen LogP) is 4.45. The quantitative estimate of drug-likeness (QED) is 0.531. The molecular weight excluding hydrogens is 224 g/mol. The number of hydrogen-bond acceptors (Lipinski definition) is 2. The van der Waals surface area contributed by atoms with Gasteiger partial charge in [-0.25, -0.2) is 0 Å². The SMILES string of the molecule is C(OCCCC1CCCCOC1)=C1CCCCC1. The molecule has 2 rings (SSSR count). The molecule has 104 valence electrons. The maximum absolute atomic E-state index is 5.69. The van der Waals surface area contributed by atoms with Crippen molar-refractivity contribution in [2.24, 2.45) is 5.92 Å². The van der Waals surface area contributed by atoms with Gasteiger partial charge >= 0.3 is 0 Å². The molecule has 2 nitrogen and oxygen atoms in total. The Kier molecular flexibility index (Phi) is 6.63. The summed E-state index contributed by atoms with van der Waals surface area (Å²) >= 11 is 0. The number of allylic oxidation sites excluding steroid dienone is 1. The van der Waals surface area contributed by atoms with Crippen LogP contribution in [0.3, 0.4) is 0 Å². The van der Waals surface area contributed by atoms with Crippen molar-refractivity contribution in [2.45, 2.75) is 64.2 Å². The molecule has 0 aromatic rings. The van der Waals surface area contributed by atoms with E-state index < -0.39 is 0 Å². The molecule has 2 aliphatic rings. The van der Waals surface area contributed by atoms with Gasteiger partial charge in [0.15, 0.2) is 0 Å². The predicted molar refractivity (Wildman–Crippen MR) is 74.5 cm³/mol. The van der Waals surface area contributed by atoms with Gasteiger partial charge in [0.25, 0.3) is 0 Å². The highest BCUT2D eigenvalue weighted by molar-refractivity contribution is 5.00. The fourth-order valence-electron chi connectivity index (χ4n) is 2.95. The normalized spacial score (nSPS) is 25.6. The fraction of sp³-hybridized carbons (Fsp3) is 0.875. The standard InChI is InChI=1S/C16H28O2/c1-2-7-15(8-3-1)13-18-12-6-10-16-9-4-5-11-17-14-16/h13,16H,1-12,14H2. The van der Waals surface area contributed by atoms with Crippen LogP contribution in [0, 0.1) is 5.92 Å². The molecule has 1 aliphatic carbocycles. The minimum absolute atomic E-state index is 0.776. The summed E-state index contributed by atoms with van der Waals surface area (Å²) in [5.74, 6) is 0.776. The summed E-state index contributed by atoms with van der Waals surface area (Å²) in [5, 5.41) is 0. The van der Waals surface area contributed by atoms with Crippen molar-refractivity contribution >= 4 is 0 Å². The molecule has 2 heteroatoms. The monoisotopic (exact) mass is 252 g/mol. The van der Waals surface area contributed by atoms with Gasteiger partial charge in [0, 0.05) is 13.2 Å². The van der Waals surface area contributed by atoms with Crippen LogP contribution in [0.4, 0.5) is 0 Å². The third-order valence-electron chi connectivity index (χ3n) is 4.12.